The van der Waals surface area contributed by atoms with Gasteiger partial charge in [0.2, 0.25) is 6.04 Å². The molecule has 2 heterocycles. The molecule has 1 aromatic carbocycles. The molecule has 0 bridgehead atoms. The van der Waals surface area contributed by atoms with E-state index < -0.39 is 17.9 Å². The Morgan fingerprint density at radius 2 is 1.91 bits per heavy atom. The number of rotatable bonds is 2. The Bertz CT molecular complexity index is 771. The number of nitrogens with zero attached hydrogens (tertiary/aromatic N) is 3. The van der Waals surface area contributed by atoms with Crippen molar-refractivity contribution >= 4 is 23.2 Å². The number of carbonyl (C=O) groups excluding carboxylic acids is 2. The molecule has 3 rings (SSSR count). The number of anilines is 1. The van der Waals surface area contributed by atoms with Crippen molar-refractivity contribution < 1.29 is 9.59 Å². The van der Waals surface area contributed by atoms with E-state index in [0.717, 1.165) is 5.56 Å². The summed E-state index contributed by atoms with van der Waals surface area (Å²) in [4.78, 5) is 34.0. The van der Waals surface area contributed by atoms with E-state index in [4.69, 9.17) is 5.73 Å². The molecule has 1 aliphatic rings. The third kappa shape index (κ3) is 2.24. The molecular weight excluding hydrogens is 280 g/mol. The summed E-state index contributed by atoms with van der Waals surface area (Å²) in [6.07, 6.45) is 1.64. The van der Waals surface area contributed by atoms with Crippen molar-refractivity contribution in [1.29, 1.82) is 0 Å². The highest BCUT2D eigenvalue weighted by Crippen LogP contribution is 2.26. The molecule has 1 aromatic heterocycles. The maximum Gasteiger partial charge on any atom is 0.261 e. The molecule has 0 aliphatic carbocycles. The number of likely N-dealkylation sites (N-methyl/N-ethyl adjacent to an activating group) is 1. The van der Waals surface area contributed by atoms with E-state index >= 15 is 0 Å². The zero-order chi connectivity index (χ0) is 15.7. The number of pyridine rings is 1. The molecule has 6 heteroatoms. The SMILES string of the molecule is CN1C(=O)C(C(N)=O)N=C(c2ccccn2)c2ccccc21. The van der Waals surface area contributed by atoms with Crippen LogP contribution < -0.4 is 10.6 Å². The first-order valence-electron chi connectivity index (χ1n) is 6.75. The number of benzodiazepines with no additional fused rings is 1. The number of benzene rings is 1. The summed E-state index contributed by atoms with van der Waals surface area (Å²) in [6, 6.07) is 11.4. The lowest BCUT2D eigenvalue weighted by atomic mass is 10.0. The van der Waals surface area contributed by atoms with Crippen LogP contribution in [0.15, 0.2) is 53.7 Å². The van der Waals surface area contributed by atoms with Crippen molar-refractivity contribution in [2.24, 2.45) is 10.7 Å². The van der Waals surface area contributed by atoms with Gasteiger partial charge in [-0.3, -0.25) is 19.6 Å². The second-order valence-corrected chi connectivity index (χ2v) is 4.91. The van der Waals surface area contributed by atoms with Gasteiger partial charge < -0.3 is 10.6 Å². The minimum absolute atomic E-state index is 0.453. The van der Waals surface area contributed by atoms with Crippen LogP contribution in [0.4, 0.5) is 5.69 Å². The molecule has 2 aromatic rings. The Balaban J connectivity index is 2.27. The van der Waals surface area contributed by atoms with Gasteiger partial charge in [-0.25, -0.2) is 0 Å². The van der Waals surface area contributed by atoms with E-state index in [-0.39, 0.29) is 0 Å². The Morgan fingerprint density at radius 1 is 1.18 bits per heavy atom. The second-order valence-electron chi connectivity index (χ2n) is 4.91. The molecule has 22 heavy (non-hydrogen) atoms. The van der Waals surface area contributed by atoms with E-state index in [0.29, 0.717) is 17.1 Å². The third-order valence-electron chi connectivity index (χ3n) is 3.52. The zero-order valence-corrected chi connectivity index (χ0v) is 11.9. The lowest BCUT2D eigenvalue weighted by Gasteiger charge is -2.19. The van der Waals surface area contributed by atoms with Crippen molar-refractivity contribution in [3.8, 4) is 0 Å². The summed E-state index contributed by atoms with van der Waals surface area (Å²) in [5.41, 5.74) is 7.83. The van der Waals surface area contributed by atoms with Crippen LogP contribution in [0, 0.1) is 0 Å². The van der Waals surface area contributed by atoms with Gasteiger partial charge in [0.05, 0.1) is 17.1 Å². The van der Waals surface area contributed by atoms with Gasteiger partial charge in [0, 0.05) is 18.8 Å². The highest BCUT2D eigenvalue weighted by Gasteiger charge is 2.33. The predicted octanol–water partition coefficient (Wildman–Crippen LogP) is 0.749. The average molecular weight is 294 g/mol. The first kappa shape index (κ1) is 13.9. The fourth-order valence-electron chi connectivity index (χ4n) is 2.41. The number of nitrogens with two attached hydrogens (primary N) is 1. The quantitative estimate of drug-likeness (QED) is 0.829. The molecule has 1 unspecified atom stereocenters. The average Bonchev–Trinajstić information content (AvgIpc) is 2.65. The number of aliphatic imine (C=N–C) groups is 1. The topological polar surface area (TPSA) is 88.6 Å². The van der Waals surface area contributed by atoms with Crippen LogP contribution in [0.3, 0.4) is 0 Å². The fourth-order valence-corrected chi connectivity index (χ4v) is 2.41. The molecule has 2 amide bonds. The van der Waals surface area contributed by atoms with Crippen LogP contribution in [0.25, 0.3) is 0 Å². The number of carbonyl (C=O) groups is 2. The Morgan fingerprint density at radius 3 is 2.59 bits per heavy atom. The number of hydrogen-bond acceptors (Lipinski definition) is 4. The smallest absolute Gasteiger partial charge is 0.261 e. The summed E-state index contributed by atoms with van der Waals surface area (Å²) in [5.74, 6) is -1.23. The molecular formula is C16H14N4O2. The minimum atomic E-state index is -1.26. The van der Waals surface area contributed by atoms with Gasteiger partial charge in [0.1, 0.15) is 0 Å². The van der Waals surface area contributed by atoms with Gasteiger partial charge in [-0.2, -0.15) is 0 Å². The molecule has 0 saturated carbocycles. The van der Waals surface area contributed by atoms with Gasteiger partial charge in [-0.05, 0) is 18.2 Å². The van der Waals surface area contributed by atoms with Crippen molar-refractivity contribution in [3.05, 3.63) is 59.9 Å². The number of aromatic nitrogens is 1. The highest BCUT2D eigenvalue weighted by atomic mass is 16.2. The minimum Gasteiger partial charge on any atom is -0.367 e. The van der Waals surface area contributed by atoms with E-state index in [1.54, 1.807) is 31.4 Å². The lowest BCUT2D eigenvalue weighted by Crippen LogP contribution is -2.42. The first-order chi connectivity index (χ1) is 10.6. The van der Waals surface area contributed by atoms with Crippen LogP contribution in [0.1, 0.15) is 11.3 Å². The van der Waals surface area contributed by atoms with Crippen LogP contribution in [0.5, 0.6) is 0 Å². The van der Waals surface area contributed by atoms with E-state index in [9.17, 15) is 9.59 Å². The number of para-hydroxylation sites is 1. The van der Waals surface area contributed by atoms with Gasteiger partial charge >= 0.3 is 0 Å². The van der Waals surface area contributed by atoms with Crippen molar-refractivity contribution in [1.82, 2.24) is 4.98 Å². The van der Waals surface area contributed by atoms with Crippen LogP contribution >= 0.6 is 0 Å². The molecule has 2 N–H and O–H groups in total. The molecule has 0 spiro atoms. The maximum atomic E-state index is 12.4. The van der Waals surface area contributed by atoms with Crippen LogP contribution in [0.2, 0.25) is 0 Å². The number of primary amides is 1. The predicted molar refractivity (Wildman–Crippen MR) is 82.7 cm³/mol. The Kier molecular flexibility index (Phi) is 3.42. The summed E-state index contributed by atoms with van der Waals surface area (Å²) < 4.78 is 0. The molecule has 1 atom stereocenters. The normalized spacial score (nSPS) is 17.5. The van der Waals surface area contributed by atoms with Gasteiger partial charge in [0.25, 0.3) is 11.8 Å². The molecule has 6 nitrogen and oxygen atoms in total. The number of amides is 2. The van der Waals surface area contributed by atoms with E-state index in [1.165, 1.54) is 4.90 Å². The van der Waals surface area contributed by atoms with Crippen molar-refractivity contribution in [3.63, 3.8) is 0 Å². The second kappa shape index (κ2) is 5.40. The summed E-state index contributed by atoms with van der Waals surface area (Å²) in [6.45, 7) is 0. The standard InChI is InChI=1S/C16H14N4O2/c1-20-12-8-3-2-6-10(12)13(11-7-4-5-9-18-11)19-14(15(17)21)16(20)22/h2-9,14H,1H3,(H2,17,21). The van der Waals surface area contributed by atoms with E-state index in [2.05, 4.69) is 9.98 Å². The van der Waals surface area contributed by atoms with Crippen molar-refractivity contribution in [2.75, 3.05) is 11.9 Å². The third-order valence-corrected chi connectivity index (χ3v) is 3.52. The molecule has 110 valence electrons. The van der Waals surface area contributed by atoms with Gasteiger partial charge in [-0.15, -0.1) is 0 Å². The first-order valence-corrected chi connectivity index (χ1v) is 6.75. The zero-order valence-electron chi connectivity index (χ0n) is 11.9. The largest absolute Gasteiger partial charge is 0.367 e. The van der Waals surface area contributed by atoms with Gasteiger partial charge in [0.15, 0.2) is 0 Å². The van der Waals surface area contributed by atoms with Gasteiger partial charge in [-0.1, -0.05) is 24.3 Å². The summed E-state index contributed by atoms with van der Waals surface area (Å²) >= 11 is 0. The summed E-state index contributed by atoms with van der Waals surface area (Å²) in [7, 11) is 1.61. The van der Waals surface area contributed by atoms with Crippen LogP contribution in [-0.2, 0) is 9.59 Å². The molecule has 0 saturated heterocycles. The molecule has 0 fully saturated rings. The lowest BCUT2D eigenvalue weighted by molar-refractivity contribution is -0.127. The molecule has 0 radical (unpaired) electrons. The monoisotopic (exact) mass is 294 g/mol. The van der Waals surface area contributed by atoms with E-state index in [1.807, 2.05) is 24.3 Å². The Labute approximate surface area is 127 Å². The van der Waals surface area contributed by atoms with Crippen LogP contribution in [-0.4, -0.2) is 35.6 Å². The number of hydrogen-bond donors (Lipinski definition) is 1. The number of fused-ring (bicyclic) bond motifs is 1. The summed E-state index contributed by atoms with van der Waals surface area (Å²) in [5, 5.41) is 0. The maximum absolute atomic E-state index is 12.4. The Hall–Kier alpha value is -3.02. The highest BCUT2D eigenvalue weighted by molar-refractivity contribution is 6.22. The molecule has 1 aliphatic heterocycles. The fraction of sp³-hybridized carbons (Fsp3) is 0.125. The van der Waals surface area contributed by atoms with Crippen molar-refractivity contribution in [2.45, 2.75) is 6.04 Å².